The highest BCUT2D eigenvalue weighted by atomic mass is 16.2. The lowest BCUT2D eigenvalue weighted by atomic mass is 10.1. The average Bonchev–Trinajstić information content (AvgIpc) is 2.93. The van der Waals surface area contributed by atoms with Gasteiger partial charge < -0.3 is 10.4 Å². The molecule has 1 aromatic rings. The van der Waals surface area contributed by atoms with Gasteiger partial charge in [0.15, 0.2) is 0 Å². The number of aliphatic hydroxyl groups excluding tert-OH is 1. The van der Waals surface area contributed by atoms with Crippen LogP contribution in [0.5, 0.6) is 0 Å². The number of anilines is 1. The van der Waals surface area contributed by atoms with Crippen LogP contribution in [-0.2, 0) is 4.79 Å². The van der Waals surface area contributed by atoms with E-state index < -0.39 is 0 Å². The lowest BCUT2D eigenvalue weighted by Crippen LogP contribution is -2.17. The van der Waals surface area contributed by atoms with E-state index in [4.69, 9.17) is 5.11 Å². The van der Waals surface area contributed by atoms with Crippen molar-refractivity contribution in [3.8, 4) is 11.8 Å². The second-order valence-electron chi connectivity index (χ2n) is 5.76. The van der Waals surface area contributed by atoms with Crippen molar-refractivity contribution in [3.63, 3.8) is 0 Å². The largest absolute Gasteiger partial charge is 0.384 e. The Labute approximate surface area is 119 Å². The Morgan fingerprint density at radius 2 is 2.15 bits per heavy atom. The lowest BCUT2D eigenvalue weighted by Gasteiger charge is -2.10. The van der Waals surface area contributed by atoms with Crippen molar-refractivity contribution in [3.05, 3.63) is 29.3 Å². The molecule has 0 heterocycles. The van der Waals surface area contributed by atoms with Crippen LogP contribution in [0, 0.1) is 36.5 Å². The molecule has 0 radical (unpaired) electrons. The minimum Gasteiger partial charge on any atom is -0.384 e. The van der Waals surface area contributed by atoms with Crippen LogP contribution in [0.3, 0.4) is 0 Å². The Hall–Kier alpha value is -1.79. The number of amides is 1. The summed E-state index contributed by atoms with van der Waals surface area (Å²) in [6, 6.07) is 5.73. The number of hydrogen-bond donors (Lipinski definition) is 2. The van der Waals surface area contributed by atoms with Gasteiger partial charge in [0.2, 0.25) is 5.91 Å². The van der Waals surface area contributed by atoms with Gasteiger partial charge in [0.1, 0.15) is 6.61 Å². The summed E-state index contributed by atoms with van der Waals surface area (Å²) in [5, 5.41) is 11.8. The maximum atomic E-state index is 12.3. The Kier molecular flexibility index (Phi) is 3.50. The van der Waals surface area contributed by atoms with Gasteiger partial charge in [0, 0.05) is 17.2 Å². The topological polar surface area (TPSA) is 49.3 Å². The van der Waals surface area contributed by atoms with Gasteiger partial charge in [0.05, 0.1) is 0 Å². The molecule has 0 aromatic heterocycles. The summed E-state index contributed by atoms with van der Waals surface area (Å²) in [7, 11) is 0. The third-order valence-corrected chi connectivity index (χ3v) is 4.52. The number of carbonyl (C=O) groups excluding carboxylic acids is 1. The number of aliphatic hydroxyl groups is 1. The van der Waals surface area contributed by atoms with Gasteiger partial charge in [-0.05, 0) is 49.3 Å². The highest BCUT2D eigenvalue weighted by Gasteiger charge is 2.56. The zero-order valence-corrected chi connectivity index (χ0v) is 11.6. The van der Waals surface area contributed by atoms with Crippen molar-refractivity contribution in [2.24, 2.45) is 17.8 Å². The molecule has 0 saturated heterocycles. The molecule has 3 heteroatoms. The first-order valence-corrected chi connectivity index (χ1v) is 7.22. The lowest BCUT2D eigenvalue weighted by molar-refractivity contribution is -0.118. The summed E-state index contributed by atoms with van der Waals surface area (Å²) in [6.45, 7) is 1.83. The highest BCUT2D eigenvalue weighted by molar-refractivity contribution is 5.95. The molecule has 2 unspecified atom stereocenters. The number of benzene rings is 1. The van der Waals surface area contributed by atoms with E-state index in [1.165, 1.54) is 19.3 Å². The molecule has 3 rings (SSSR count). The fourth-order valence-electron chi connectivity index (χ4n) is 3.40. The van der Waals surface area contributed by atoms with E-state index in [9.17, 15) is 4.79 Å². The van der Waals surface area contributed by atoms with Crippen LogP contribution in [-0.4, -0.2) is 17.6 Å². The first kappa shape index (κ1) is 13.2. The third-order valence-electron chi connectivity index (χ3n) is 4.52. The summed E-state index contributed by atoms with van der Waals surface area (Å²) in [5.74, 6) is 7.15. The van der Waals surface area contributed by atoms with Crippen LogP contribution >= 0.6 is 0 Å². The minimum atomic E-state index is -0.152. The molecule has 2 aliphatic rings. The van der Waals surface area contributed by atoms with Crippen molar-refractivity contribution in [1.82, 2.24) is 0 Å². The zero-order chi connectivity index (χ0) is 14.1. The molecule has 2 saturated carbocycles. The standard InChI is InChI=1S/C17H19NO2/c1-11-7-8-12(4-3-9-19)10-15(11)18-17(20)16-13-5-2-6-14(13)16/h7-8,10,13-14,16,19H,2,5-6,9H2,1H3,(H,18,20). The molecule has 2 atom stereocenters. The van der Waals surface area contributed by atoms with Gasteiger partial charge in [-0.1, -0.05) is 24.3 Å². The van der Waals surface area contributed by atoms with Crippen molar-refractivity contribution in [1.29, 1.82) is 0 Å². The second kappa shape index (κ2) is 5.30. The van der Waals surface area contributed by atoms with Crippen LogP contribution in [0.1, 0.15) is 30.4 Å². The number of fused-ring (bicyclic) bond motifs is 1. The Morgan fingerprint density at radius 1 is 1.40 bits per heavy atom. The molecule has 104 valence electrons. The van der Waals surface area contributed by atoms with Crippen molar-refractivity contribution >= 4 is 11.6 Å². The monoisotopic (exact) mass is 269 g/mol. The summed E-state index contributed by atoms with van der Waals surface area (Å²) < 4.78 is 0. The third kappa shape index (κ3) is 2.44. The molecular weight excluding hydrogens is 250 g/mol. The van der Waals surface area contributed by atoms with Crippen LogP contribution in [0.4, 0.5) is 5.69 Å². The normalized spacial score (nSPS) is 26.4. The molecule has 2 N–H and O–H groups in total. The number of carbonyl (C=O) groups is 1. The van der Waals surface area contributed by atoms with Gasteiger partial charge >= 0.3 is 0 Å². The molecule has 3 nitrogen and oxygen atoms in total. The SMILES string of the molecule is Cc1ccc(C#CCO)cc1NC(=O)C1C2CCCC21. The molecule has 0 aliphatic heterocycles. The van der Waals surface area contributed by atoms with Crippen molar-refractivity contribution in [2.45, 2.75) is 26.2 Å². The highest BCUT2D eigenvalue weighted by Crippen LogP contribution is 2.57. The molecule has 0 bridgehead atoms. The van der Waals surface area contributed by atoms with Crippen LogP contribution in [0.15, 0.2) is 18.2 Å². The molecule has 2 fully saturated rings. The van der Waals surface area contributed by atoms with E-state index in [0.717, 1.165) is 16.8 Å². The first-order chi connectivity index (χ1) is 9.70. The summed E-state index contributed by atoms with van der Waals surface area (Å²) in [6.07, 6.45) is 3.71. The van der Waals surface area contributed by atoms with E-state index in [1.54, 1.807) is 0 Å². The van der Waals surface area contributed by atoms with E-state index in [2.05, 4.69) is 17.2 Å². The van der Waals surface area contributed by atoms with E-state index in [0.29, 0.717) is 11.8 Å². The van der Waals surface area contributed by atoms with Gasteiger partial charge in [-0.3, -0.25) is 4.79 Å². The van der Waals surface area contributed by atoms with Gasteiger partial charge in [-0.15, -0.1) is 0 Å². The zero-order valence-electron chi connectivity index (χ0n) is 11.6. The molecule has 20 heavy (non-hydrogen) atoms. The maximum absolute atomic E-state index is 12.3. The maximum Gasteiger partial charge on any atom is 0.228 e. The minimum absolute atomic E-state index is 0.152. The van der Waals surface area contributed by atoms with Crippen molar-refractivity contribution in [2.75, 3.05) is 11.9 Å². The predicted molar refractivity (Wildman–Crippen MR) is 78.1 cm³/mol. The first-order valence-electron chi connectivity index (χ1n) is 7.22. The van der Waals surface area contributed by atoms with Crippen LogP contribution < -0.4 is 5.32 Å². The van der Waals surface area contributed by atoms with E-state index in [1.807, 2.05) is 25.1 Å². The van der Waals surface area contributed by atoms with Crippen molar-refractivity contribution < 1.29 is 9.90 Å². The number of rotatable bonds is 2. The van der Waals surface area contributed by atoms with Gasteiger partial charge in [0.25, 0.3) is 0 Å². The predicted octanol–water partition coefficient (Wildman–Crippen LogP) is 2.32. The fourth-order valence-corrected chi connectivity index (χ4v) is 3.40. The molecule has 1 amide bonds. The Balaban J connectivity index is 1.71. The fraction of sp³-hybridized carbons (Fsp3) is 0.471. The van der Waals surface area contributed by atoms with E-state index in [-0.39, 0.29) is 18.4 Å². The smallest absolute Gasteiger partial charge is 0.228 e. The molecule has 1 aromatic carbocycles. The summed E-state index contributed by atoms with van der Waals surface area (Å²) in [4.78, 5) is 12.3. The molecule has 2 aliphatic carbocycles. The number of hydrogen-bond acceptors (Lipinski definition) is 2. The Bertz CT molecular complexity index is 587. The van der Waals surface area contributed by atoms with Crippen LogP contribution in [0.2, 0.25) is 0 Å². The average molecular weight is 269 g/mol. The number of aryl methyl sites for hydroxylation is 1. The molecule has 0 spiro atoms. The van der Waals surface area contributed by atoms with Gasteiger partial charge in [-0.2, -0.15) is 0 Å². The number of nitrogens with one attached hydrogen (secondary N) is 1. The van der Waals surface area contributed by atoms with Crippen LogP contribution in [0.25, 0.3) is 0 Å². The Morgan fingerprint density at radius 3 is 2.85 bits per heavy atom. The summed E-state index contributed by atoms with van der Waals surface area (Å²) in [5.41, 5.74) is 2.69. The quantitative estimate of drug-likeness (QED) is 0.810. The second-order valence-corrected chi connectivity index (χ2v) is 5.76. The van der Waals surface area contributed by atoms with E-state index >= 15 is 0 Å². The van der Waals surface area contributed by atoms with Gasteiger partial charge in [-0.25, -0.2) is 0 Å². The molecular formula is C17H19NO2. The summed E-state index contributed by atoms with van der Waals surface area (Å²) >= 11 is 0.